The maximum absolute atomic E-state index is 12.6. The molecule has 24 heavy (non-hydrogen) atoms. The van der Waals surface area contributed by atoms with Crippen LogP contribution in [0.15, 0.2) is 61.1 Å². The van der Waals surface area contributed by atoms with Crippen molar-refractivity contribution in [2.45, 2.75) is 6.04 Å². The highest BCUT2D eigenvalue weighted by molar-refractivity contribution is 6.21. The van der Waals surface area contributed by atoms with Crippen LogP contribution in [0.2, 0.25) is 0 Å². The van der Waals surface area contributed by atoms with Crippen molar-refractivity contribution in [3.63, 3.8) is 0 Å². The maximum Gasteiger partial charge on any atom is 0.261 e. The standard InChI is InChI=1S/C19H13N3O2/c23-18-14-7-3-4-8-15(14)19(24)21(18)10-17-13-6-2-1-5-12(13)16-9-20-11-22(16)17/h1-9,11,17H,10H2. The predicted octanol–water partition coefficient (Wildman–Crippen LogP) is 2.75. The third-order valence-electron chi connectivity index (χ3n) is 4.83. The second-order valence-electron chi connectivity index (χ2n) is 6.06. The predicted molar refractivity (Wildman–Crippen MR) is 87.6 cm³/mol. The van der Waals surface area contributed by atoms with Crippen molar-refractivity contribution in [3.05, 3.63) is 77.7 Å². The fraction of sp³-hybridized carbons (Fsp3) is 0.105. The Hall–Kier alpha value is -3.21. The second-order valence-corrected chi connectivity index (χ2v) is 6.06. The van der Waals surface area contributed by atoms with Crippen LogP contribution in [-0.4, -0.2) is 32.8 Å². The summed E-state index contributed by atoms with van der Waals surface area (Å²) in [6.45, 7) is 0.312. The van der Waals surface area contributed by atoms with Crippen molar-refractivity contribution in [1.29, 1.82) is 0 Å². The van der Waals surface area contributed by atoms with Gasteiger partial charge in [-0.2, -0.15) is 0 Å². The first-order chi connectivity index (χ1) is 11.8. The van der Waals surface area contributed by atoms with E-state index < -0.39 is 0 Å². The Morgan fingerprint density at radius 1 is 0.875 bits per heavy atom. The van der Waals surface area contributed by atoms with E-state index in [2.05, 4.69) is 4.98 Å². The van der Waals surface area contributed by atoms with Gasteiger partial charge in [0.15, 0.2) is 0 Å². The lowest BCUT2D eigenvalue weighted by Gasteiger charge is -2.21. The molecule has 1 aromatic heterocycles. The van der Waals surface area contributed by atoms with Gasteiger partial charge in [-0.25, -0.2) is 4.98 Å². The molecule has 5 heteroatoms. The van der Waals surface area contributed by atoms with Gasteiger partial charge in [-0.1, -0.05) is 36.4 Å². The number of aromatic nitrogens is 2. The summed E-state index contributed by atoms with van der Waals surface area (Å²) >= 11 is 0. The number of imide groups is 1. The smallest absolute Gasteiger partial charge is 0.261 e. The highest BCUT2D eigenvalue weighted by Gasteiger charge is 2.39. The SMILES string of the molecule is O=C1c2ccccc2C(=O)N1CC1c2ccccc2-c2cncn21. The number of hydrogen-bond acceptors (Lipinski definition) is 3. The first-order valence-electron chi connectivity index (χ1n) is 7.82. The Balaban J connectivity index is 1.56. The van der Waals surface area contributed by atoms with E-state index >= 15 is 0 Å². The Kier molecular flexibility index (Phi) is 2.56. The highest BCUT2D eigenvalue weighted by Crippen LogP contribution is 2.40. The summed E-state index contributed by atoms with van der Waals surface area (Å²) in [5, 5.41) is 0. The molecule has 116 valence electrons. The second kappa shape index (κ2) is 4.64. The van der Waals surface area contributed by atoms with E-state index in [0.29, 0.717) is 17.7 Å². The number of carbonyl (C=O) groups is 2. The highest BCUT2D eigenvalue weighted by atomic mass is 16.2. The molecule has 3 aromatic rings. The minimum Gasteiger partial charge on any atom is -0.321 e. The van der Waals surface area contributed by atoms with Gasteiger partial charge in [-0.15, -0.1) is 0 Å². The van der Waals surface area contributed by atoms with Crippen LogP contribution in [0, 0.1) is 0 Å². The summed E-state index contributed by atoms with van der Waals surface area (Å²) in [4.78, 5) is 30.8. The quantitative estimate of drug-likeness (QED) is 0.683. The monoisotopic (exact) mass is 315 g/mol. The normalized spacial score (nSPS) is 17.8. The molecule has 0 saturated heterocycles. The zero-order chi connectivity index (χ0) is 16.3. The number of hydrogen-bond donors (Lipinski definition) is 0. The van der Waals surface area contributed by atoms with Gasteiger partial charge in [-0.3, -0.25) is 14.5 Å². The first-order valence-corrected chi connectivity index (χ1v) is 7.82. The molecule has 1 unspecified atom stereocenters. The van der Waals surface area contributed by atoms with Gasteiger partial charge in [0.2, 0.25) is 0 Å². The van der Waals surface area contributed by atoms with Crippen molar-refractivity contribution in [2.24, 2.45) is 0 Å². The molecule has 0 bridgehead atoms. The Labute approximate surface area is 138 Å². The third-order valence-corrected chi connectivity index (χ3v) is 4.83. The number of carbonyl (C=O) groups excluding carboxylic acids is 2. The number of rotatable bonds is 2. The summed E-state index contributed by atoms with van der Waals surface area (Å²) in [6.07, 6.45) is 3.58. The van der Waals surface area contributed by atoms with Crippen LogP contribution in [0.3, 0.4) is 0 Å². The minimum atomic E-state index is -0.221. The fourth-order valence-electron chi connectivity index (χ4n) is 3.70. The molecule has 2 aliphatic heterocycles. The number of fused-ring (bicyclic) bond motifs is 4. The summed E-state index contributed by atoms with van der Waals surface area (Å²) in [5.41, 5.74) is 4.22. The molecule has 0 N–H and O–H groups in total. The molecule has 2 aliphatic rings. The molecule has 5 rings (SSSR count). The molecule has 0 saturated carbocycles. The van der Waals surface area contributed by atoms with Crippen molar-refractivity contribution < 1.29 is 9.59 Å². The summed E-state index contributed by atoms with van der Waals surface area (Å²) in [7, 11) is 0. The van der Waals surface area contributed by atoms with E-state index in [0.717, 1.165) is 16.8 Å². The lowest BCUT2D eigenvalue weighted by atomic mass is 10.0. The zero-order valence-corrected chi connectivity index (χ0v) is 12.7. The molecule has 2 amide bonds. The first kappa shape index (κ1) is 13.2. The molecule has 1 atom stereocenters. The Morgan fingerprint density at radius 3 is 2.21 bits per heavy atom. The Morgan fingerprint density at radius 2 is 1.50 bits per heavy atom. The van der Waals surface area contributed by atoms with Crippen LogP contribution >= 0.6 is 0 Å². The zero-order valence-electron chi connectivity index (χ0n) is 12.7. The van der Waals surface area contributed by atoms with Gasteiger partial charge in [-0.05, 0) is 17.7 Å². The fourth-order valence-corrected chi connectivity index (χ4v) is 3.70. The van der Waals surface area contributed by atoms with Gasteiger partial charge < -0.3 is 4.57 Å². The van der Waals surface area contributed by atoms with Gasteiger partial charge in [0.05, 0.1) is 41.9 Å². The minimum absolute atomic E-state index is 0.0964. The van der Waals surface area contributed by atoms with Crippen molar-refractivity contribution >= 4 is 11.8 Å². The average Bonchev–Trinajstić information content (AvgIpc) is 3.26. The average molecular weight is 315 g/mol. The van der Waals surface area contributed by atoms with E-state index in [9.17, 15) is 9.59 Å². The van der Waals surface area contributed by atoms with Gasteiger partial charge in [0, 0.05) is 5.56 Å². The van der Waals surface area contributed by atoms with Crippen LogP contribution in [0.1, 0.15) is 32.3 Å². The van der Waals surface area contributed by atoms with E-state index in [1.807, 2.05) is 35.0 Å². The number of nitrogens with zero attached hydrogens (tertiary/aromatic N) is 3. The molecule has 0 aliphatic carbocycles. The number of imidazole rings is 1. The maximum atomic E-state index is 12.6. The van der Waals surface area contributed by atoms with Crippen LogP contribution in [0.4, 0.5) is 0 Å². The lowest BCUT2D eigenvalue weighted by molar-refractivity contribution is 0.0640. The van der Waals surface area contributed by atoms with Crippen LogP contribution < -0.4 is 0 Å². The largest absolute Gasteiger partial charge is 0.321 e. The van der Waals surface area contributed by atoms with Crippen LogP contribution in [0.5, 0.6) is 0 Å². The summed E-state index contributed by atoms with van der Waals surface area (Å²) in [5.74, 6) is -0.441. The molecule has 0 spiro atoms. The van der Waals surface area contributed by atoms with Crippen molar-refractivity contribution in [1.82, 2.24) is 14.5 Å². The van der Waals surface area contributed by atoms with E-state index in [1.54, 1.807) is 30.6 Å². The molecule has 0 fully saturated rings. The summed E-state index contributed by atoms with van der Waals surface area (Å²) in [6, 6.07) is 15.0. The number of benzene rings is 2. The van der Waals surface area contributed by atoms with Gasteiger partial charge >= 0.3 is 0 Å². The van der Waals surface area contributed by atoms with E-state index in [-0.39, 0.29) is 17.9 Å². The lowest BCUT2D eigenvalue weighted by Crippen LogP contribution is -2.35. The van der Waals surface area contributed by atoms with Gasteiger partial charge in [0.1, 0.15) is 0 Å². The van der Waals surface area contributed by atoms with Crippen LogP contribution in [0.25, 0.3) is 11.3 Å². The molecule has 3 heterocycles. The summed E-state index contributed by atoms with van der Waals surface area (Å²) < 4.78 is 2.04. The van der Waals surface area contributed by atoms with Crippen molar-refractivity contribution in [3.8, 4) is 11.3 Å². The Bertz CT molecular complexity index is 970. The molecular weight excluding hydrogens is 302 g/mol. The van der Waals surface area contributed by atoms with Gasteiger partial charge in [0.25, 0.3) is 11.8 Å². The molecule has 5 nitrogen and oxygen atoms in total. The van der Waals surface area contributed by atoms with Crippen molar-refractivity contribution in [2.75, 3.05) is 6.54 Å². The number of amides is 2. The molecule has 2 aromatic carbocycles. The van der Waals surface area contributed by atoms with E-state index in [1.165, 1.54) is 4.90 Å². The third kappa shape index (κ3) is 1.61. The topological polar surface area (TPSA) is 55.2 Å². The van der Waals surface area contributed by atoms with Crippen LogP contribution in [-0.2, 0) is 0 Å². The molecule has 0 radical (unpaired) electrons. The molecular formula is C19H13N3O2. The van der Waals surface area contributed by atoms with E-state index in [4.69, 9.17) is 0 Å².